The fourth-order valence-electron chi connectivity index (χ4n) is 1.20. The first-order chi connectivity index (χ1) is 4.18. The summed E-state index contributed by atoms with van der Waals surface area (Å²) >= 11 is 0. The summed E-state index contributed by atoms with van der Waals surface area (Å²) < 4.78 is 0. The molecule has 0 aromatic heterocycles. The smallest absolute Gasteiger partial charge is 0.0398 e. The number of benzene rings is 1. The van der Waals surface area contributed by atoms with Gasteiger partial charge in [-0.15, -0.1) is 0 Å². The molecule has 1 aromatic carbocycles. The van der Waals surface area contributed by atoms with Gasteiger partial charge in [0.2, 0.25) is 0 Å². The van der Waals surface area contributed by atoms with Crippen LogP contribution in [0.4, 0.5) is 0 Å². The van der Waals surface area contributed by atoms with Gasteiger partial charge in [-0.3, -0.25) is 0 Å². The highest BCUT2D eigenvalue weighted by molar-refractivity contribution is 5.27. The summed E-state index contributed by atoms with van der Waals surface area (Å²) in [7, 11) is 0. The fraction of sp³-hybridized carbons (Fsp3) is 0.455. The van der Waals surface area contributed by atoms with E-state index in [4.69, 9.17) is 0 Å². The normalized spacial score (nSPS) is 7.91. The van der Waals surface area contributed by atoms with Crippen LogP contribution in [0.5, 0.6) is 0 Å². The maximum Gasteiger partial charge on any atom is -0.0398 e. The van der Waals surface area contributed by atoms with E-state index in [0.717, 1.165) is 0 Å². The van der Waals surface area contributed by atoms with Crippen molar-refractivity contribution in [1.29, 1.82) is 0 Å². The fourth-order valence-corrected chi connectivity index (χ4v) is 1.20. The van der Waals surface area contributed by atoms with Crippen LogP contribution in [0.1, 0.15) is 31.5 Å². The Kier molecular flexibility index (Phi) is 5.78. The summed E-state index contributed by atoms with van der Waals surface area (Å²) in [6.45, 7) is 6.38. The van der Waals surface area contributed by atoms with Crippen molar-refractivity contribution >= 4 is 0 Å². The van der Waals surface area contributed by atoms with Gasteiger partial charge in [0.25, 0.3) is 0 Å². The van der Waals surface area contributed by atoms with Crippen LogP contribution in [-0.4, -0.2) is 0 Å². The molecule has 0 radical (unpaired) electrons. The summed E-state index contributed by atoms with van der Waals surface area (Å²) in [4.78, 5) is 0. The summed E-state index contributed by atoms with van der Waals surface area (Å²) in [6, 6.07) is 6.56. The largest absolute Gasteiger partial charge is 0.0776 e. The summed E-state index contributed by atoms with van der Waals surface area (Å²) in [5.74, 6) is 0. The van der Waals surface area contributed by atoms with Crippen LogP contribution in [0.15, 0.2) is 18.2 Å². The Morgan fingerprint density at radius 1 is 0.636 bits per heavy atom. The monoisotopic (exact) mass is 152 g/mol. The second kappa shape index (κ2) is 4.95. The van der Waals surface area contributed by atoms with Crippen molar-refractivity contribution in [1.82, 2.24) is 0 Å². The van der Waals surface area contributed by atoms with Gasteiger partial charge in [0.1, 0.15) is 0 Å². The molecule has 0 atom stereocenters. The molecule has 0 heterocycles. The molecule has 11 heavy (non-hydrogen) atoms. The molecule has 0 N–H and O–H groups in total. The molecule has 0 aliphatic heterocycles. The Morgan fingerprint density at radius 3 is 1.00 bits per heavy atom. The lowest BCUT2D eigenvalue weighted by atomic mass is 10.1. The summed E-state index contributed by atoms with van der Waals surface area (Å²) in [5.41, 5.74) is 4.06. The van der Waals surface area contributed by atoms with Crippen molar-refractivity contribution < 1.29 is 0 Å². The minimum atomic E-state index is 0. The van der Waals surface area contributed by atoms with Gasteiger partial charge in [0.05, 0.1) is 0 Å². The highest BCUT2D eigenvalue weighted by Crippen LogP contribution is 2.06. The lowest BCUT2D eigenvalue weighted by molar-refractivity contribution is 1.32. The van der Waals surface area contributed by atoms with Crippen LogP contribution in [0, 0.1) is 20.8 Å². The first-order valence-electron chi connectivity index (χ1n) is 3.23. The molecular weight excluding hydrogens is 132 g/mol. The Morgan fingerprint density at radius 2 is 0.818 bits per heavy atom. The third-order valence-electron chi connectivity index (χ3n) is 1.37. The van der Waals surface area contributed by atoms with Crippen molar-refractivity contribution in [3.63, 3.8) is 0 Å². The van der Waals surface area contributed by atoms with Crippen LogP contribution >= 0.6 is 0 Å². The zero-order chi connectivity index (χ0) is 6.85. The van der Waals surface area contributed by atoms with Crippen molar-refractivity contribution in [2.45, 2.75) is 35.6 Å². The molecule has 0 bridgehead atoms. The van der Waals surface area contributed by atoms with Gasteiger partial charge in [-0.2, -0.15) is 0 Å². The summed E-state index contributed by atoms with van der Waals surface area (Å²) in [5, 5.41) is 0. The molecule has 0 fully saturated rings. The molecule has 64 valence electrons. The predicted molar refractivity (Wildman–Crippen MR) is 54.1 cm³/mol. The number of rotatable bonds is 0. The summed E-state index contributed by atoms with van der Waals surface area (Å²) in [6.07, 6.45) is 0. The van der Waals surface area contributed by atoms with E-state index in [0.29, 0.717) is 0 Å². The van der Waals surface area contributed by atoms with E-state index in [9.17, 15) is 0 Å². The Balaban J connectivity index is 0. The second-order valence-corrected chi connectivity index (χ2v) is 2.67. The van der Waals surface area contributed by atoms with E-state index in [2.05, 4.69) is 39.0 Å². The van der Waals surface area contributed by atoms with E-state index < -0.39 is 0 Å². The number of hydrogen-bond acceptors (Lipinski definition) is 0. The van der Waals surface area contributed by atoms with Crippen molar-refractivity contribution in [2.75, 3.05) is 0 Å². The van der Waals surface area contributed by atoms with Crippen LogP contribution in [0.25, 0.3) is 0 Å². The zero-order valence-corrected chi connectivity index (χ0v) is 6.23. The van der Waals surface area contributed by atoms with Crippen LogP contribution in [0.3, 0.4) is 0 Å². The van der Waals surface area contributed by atoms with E-state index >= 15 is 0 Å². The van der Waals surface area contributed by atoms with Gasteiger partial charge in [-0.05, 0) is 20.8 Å². The molecule has 0 nitrogen and oxygen atoms in total. The molecule has 0 saturated carbocycles. The first-order valence-corrected chi connectivity index (χ1v) is 3.23. The van der Waals surface area contributed by atoms with E-state index in [1.807, 2.05) is 0 Å². The zero-order valence-electron chi connectivity index (χ0n) is 6.23. The topological polar surface area (TPSA) is 0 Å². The van der Waals surface area contributed by atoms with Crippen LogP contribution in [-0.2, 0) is 0 Å². The number of hydrogen-bond donors (Lipinski definition) is 0. The molecule has 0 aliphatic rings. The van der Waals surface area contributed by atoms with Gasteiger partial charge in [-0.1, -0.05) is 49.7 Å². The maximum absolute atomic E-state index is 2.19. The van der Waals surface area contributed by atoms with E-state index in [-0.39, 0.29) is 14.9 Å². The van der Waals surface area contributed by atoms with Gasteiger partial charge in [0.15, 0.2) is 0 Å². The van der Waals surface area contributed by atoms with Crippen LogP contribution in [0.2, 0.25) is 0 Å². The lowest BCUT2D eigenvalue weighted by Crippen LogP contribution is -1.78. The van der Waals surface area contributed by atoms with E-state index in [1.165, 1.54) is 16.7 Å². The quantitative estimate of drug-likeness (QED) is 0.529. The molecule has 1 aromatic rings. The Hall–Kier alpha value is -0.780. The molecule has 0 unspecified atom stereocenters. The second-order valence-electron chi connectivity index (χ2n) is 2.67. The average molecular weight is 152 g/mol. The Labute approximate surface area is 71.3 Å². The molecule has 1 rings (SSSR count). The van der Waals surface area contributed by atoms with Crippen LogP contribution < -0.4 is 0 Å². The van der Waals surface area contributed by atoms with Crippen molar-refractivity contribution in [2.24, 2.45) is 0 Å². The number of aryl methyl sites for hydroxylation is 3. The van der Waals surface area contributed by atoms with Gasteiger partial charge in [-0.25, -0.2) is 0 Å². The van der Waals surface area contributed by atoms with E-state index in [1.54, 1.807) is 0 Å². The SMILES string of the molecule is C.C.Cc1cc(C)cc(C)c1. The maximum atomic E-state index is 2.19. The lowest BCUT2D eigenvalue weighted by Gasteiger charge is -1.96. The average Bonchev–Trinajstić information content (AvgIpc) is 1.59. The Bertz CT molecular complexity index is 161. The molecule has 0 aliphatic carbocycles. The molecular formula is C11H20. The van der Waals surface area contributed by atoms with Crippen molar-refractivity contribution in [3.05, 3.63) is 34.9 Å². The van der Waals surface area contributed by atoms with Gasteiger partial charge >= 0.3 is 0 Å². The van der Waals surface area contributed by atoms with Crippen molar-refractivity contribution in [3.8, 4) is 0 Å². The predicted octanol–water partition coefficient (Wildman–Crippen LogP) is 3.88. The van der Waals surface area contributed by atoms with Gasteiger partial charge in [0, 0.05) is 0 Å². The molecule has 0 spiro atoms. The molecule has 0 amide bonds. The molecule has 0 saturated heterocycles. The third kappa shape index (κ3) is 3.82. The standard InChI is InChI=1S/C9H12.2CH4/c1-7-4-8(2)6-9(3)5-7;;/h4-6H,1-3H3;2*1H4. The molecule has 0 heteroatoms. The third-order valence-corrected chi connectivity index (χ3v) is 1.37. The minimum Gasteiger partial charge on any atom is -0.0776 e. The highest BCUT2D eigenvalue weighted by Gasteiger charge is 1.87. The highest BCUT2D eigenvalue weighted by atomic mass is 13.9. The first kappa shape index (κ1) is 12.9. The minimum absolute atomic E-state index is 0. The van der Waals surface area contributed by atoms with Gasteiger partial charge < -0.3 is 0 Å².